The molecular formula is C13H18. The first-order chi connectivity index (χ1) is 6.50. The molecule has 0 aromatic heterocycles. The fraction of sp³-hybridized carbons (Fsp3) is 0.385. The zero-order valence-electron chi connectivity index (χ0n) is 8.15. The number of allylic oxidation sites excluding steroid dienone is 8. The van der Waals surface area contributed by atoms with Crippen LogP contribution in [0.4, 0.5) is 0 Å². The molecule has 1 rings (SSSR count). The summed E-state index contributed by atoms with van der Waals surface area (Å²) in [4.78, 5) is 0. The third-order valence-corrected chi connectivity index (χ3v) is 2.01. The Morgan fingerprint density at radius 2 is 0.846 bits per heavy atom. The summed E-state index contributed by atoms with van der Waals surface area (Å²) in [5.41, 5.74) is 0. The lowest BCUT2D eigenvalue weighted by Crippen LogP contribution is -1.67. The molecule has 70 valence electrons. The highest BCUT2D eigenvalue weighted by Gasteiger charge is 1.80. The predicted molar refractivity (Wildman–Crippen MR) is 59.6 cm³/mol. The van der Waals surface area contributed by atoms with Crippen LogP contribution in [-0.2, 0) is 0 Å². The van der Waals surface area contributed by atoms with Gasteiger partial charge in [0, 0.05) is 0 Å². The maximum absolute atomic E-state index is 2.25. The van der Waals surface area contributed by atoms with Crippen molar-refractivity contribution in [2.45, 2.75) is 32.1 Å². The van der Waals surface area contributed by atoms with Crippen molar-refractivity contribution >= 4 is 0 Å². The van der Waals surface area contributed by atoms with Gasteiger partial charge < -0.3 is 0 Å². The van der Waals surface area contributed by atoms with Crippen LogP contribution >= 0.6 is 0 Å². The van der Waals surface area contributed by atoms with Gasteiger partial charge in [-0.1, -0.05) is 48.6 Å². The summed E-state index contributed by atoms with van der Waals surface area (Å²) in [5, 5.41) is 0. The lowest BCUT2D eigenvalue weighted by molar-refractivity contribution is 0.868. The maximum atomic E-state index is 2.25. The van der Waals surface area contributed by atoms with E-state index in [1.165, 1.54) is 19.3 Å². The number of hydrogen-bond acceptors (Lipinski definition) is 0. The van der Waals surface area contributed by atoms with Crippen molar-refractivity contribution in [1.29, 1.82) is 0 Å². The molecule has 0 heteroatoms. The topological polar surface area (TPSA) is 0 Å². The normalized spacial score (nSPS) is 26.5. The summed E-state index contributed by atoms with van der Waals surface area (Å²) in [5.74, 6) is 0. The van der Waals surface area contributed by atoms with E-state index in [2.05, 4.69) is 48.6 Å². The zero-order valence-corrected chi connectivity index (χ0v) is 8.15. The van der Waals surface area contributed by atoms with E-state index in [9.17, 15) is 0 Å². The van der Waals surface area contributed by atoms with Crippen LogP contribution < -0.4 is 0 Å². The summed E-state index contributed by atoms with van der Waals surface area (Å²) >= 11 is 0. The molecule has 0 atom stereocenters. The Morgan fingerprint density at radius 1 is 0.462 bits per heavy atom. The SMILES string of the molecule is C1=CCC/C=C\C=C\CCC/C=C\1. The van der Waals surface area contributed by atoms with Crippen LogP contribution in [0.2, 0.25) is 0 Å². The Hall–Kier alpha value is -1.04. The Morgan fingerprint density at radius 3 is 1.31 bits per heavy atom. The molecule has 0 radical (unpaired) electrons. The molecule has 0 bridgehead atoms. The maximum Gasteiger partial charge on any atom is -0.0313 e. The third-order valence-electron chi connectivity index (χ3n) is 2.01. The van der Waals surface area contributed by atoms with Gasteiger partial charge in [-0.2, -0.15) is 0 Å². The first-order valence-corrected chi connectivity index (χ1v) is 5.13. The highest BCUT2D eigenvalue weighted by atomic mass is 13.9. The molecular weight excluding hydrogens is 156 g/mol. The molecule has 0 saturated heterocycles. The molecule has 0 spiro atoms. The van der Waals surface area contributed by atoms with E-state index < -0.39 is 0 Å². The molecule has 1 aliphatic rings. The fourth-order valence-electron chi connectivity index (χ4n) is 1.25. The quantitative estimate of drug-likeness (QED) is 0.517. The highest BCUT2D eigenvalue weighted by molar-refractivity contribution is 5.06. The summed E-state index contributed by atoms with van der Waals surface area (Å²) in [6.07, 6.45) is 23.5. The monoisotopic (exact) mass is 174 g/mol. The molecule has 0 aromatic rings. The molecule has 0 unspecified atom stereocenters. The van der Waals surface area contributed by atoms with Crippen LogP contribution in [-0.4, -0.2) is 0 Å². The Bertz CT molecular complexity index is 192. The van der Waals surface area contributed by atoms with Gasteiger partial charge >= 0.3 is 0 Å². The molecule has 0 nitrogen and oxygen atoms in total. The van der Waals surface area contributed by atoms with Crippen molar-refractivity contribution in [1.82, 2.24) is 0 Å². The van der Waals surface area contributed by atoms with Gasteiger partial charge in [-0.15, -0.1) is 0 Å². The summed E-state index contributed by atoms with van der Waals surface area (Å²) < 4.78 is 0. The van der Waals surface area contributed by atoms with E-state index in [1.807, 2.05) is 0 Å². The van der Waals surface area contributed by atoms with Gasteiger partial charge in [0.15, 0.2) is 0 Å². The van der Waals surface area contributed by atoms with Gasteiger partial charge in [0.1, 0.15) is 0 Å². The molecule has 0 aliphatic heterocycles. The van der Waals surface area contributed by atoms with Gasteiger partial charge in [0.25, 0.3) is 0 Å². The Labute approximate surface area is 81.4 Å². The fourth-order valence-corrected chi connectivity index (χ4v) is 1.25. The van der Waals surface area contributed by atoms with Gasteiger partial charge in [-0.25, -0.2) is 0 Å². The minimum absolute atomic E-state index is 1.15. The van der Waals surface area contributed by atoms with E-state index >= 15 is 0 Å². The second kappa shape index (κ2) is 7.60. The minimum Gasteiger partial charge on any atom is -0.0845 e. The van der Waals surface area contributed by atoms with Crippen LogP contribution in [0.15, 0.2) is 48.6 Å². The Kier molecular flexibility index (Phi) is 5.87. The van der Waals surface area contributed by atoms with Crippen LogP contribution in [0.1, 0.15) is 32.1 Å². The van der Waals surface area contributed by atoms with Crippen molar-refractivity contribution < 1.29 is 0 Å². The summed E-state index contributed by atoms with van der Waals surface area (Å²) in [7, 11) is 0. The molecule has 13 heavy (non-hydrogen) atoms. The average molecular weight is 174 g/mol. The summed E-state index contributed by atoms with van der Waals surface area (Å²) in [6, 6.07) is 0. The Balaban J connectivity index is 2.38. The van der Waals surface area contributed by atoms with E-state index in [-0.39, 0.29) is 0 Å². The van der Waals surface area contributed by atoms with E-state index in [4.69, 9.17) is 0 Å². The first kappa shape index (κ1) is 10.0. The molecule has 0 saturated carbocycles. The van der Waals surface area contributed by atoms with Crippen molar-refractivity contribution in [3.05, 3.63) is 48.6 Å². The highest BCUT2D eigenvalue weighted by Crippen LogP contribution is 2.00. The minimum atomic E-state index is 1.15. The van der Waals surface area contributed by atoms with Crippen LogP contribution in [0, 0.1) is 0 Å². The van der Waals surface area contributed by atoms with Crippen molar-refractivity contribution in [2.75, 3.05) is 0 Å². The van der Waals surface area contributed by atoms with Gasteiger partial charge in [0.05, 0.1) is 0 Å². The lowest BCUT2D eigenvalue weighted by Gasteiger charge is -1.87. The predicted octanol–water partition coefficient (Wildman–Crippen LogP) is 4.18. The van der Waals surface area contributed by atoms with Gasteiger partial charge in [0.2, 0.25) is 0 Å². The largest absolute Gasteiger partial charge is 0.0845 e. The van der Waals surface area contributed by atoms with Crippen LogP contribution in [0.25, 0.3) is 0 Å². The summed E-state index contributed by atoms with van der Waals surface area (Å²) in [6.45, 7) is 0. The van der Waals surface area contributed by atoms with E-state index in [0.29, 0.717) is 0 Å². The molecule has 1 aliphatic carbocycles. The van der Waals surface area contributed by atoms with E-state index in [0.717, 1.165) is 12.8 Å². The smallest absolute Gasteiger partial charge is 0.0313 e. The van der Waals surface area contributed by atoms with Gasteiger partial charge in [-0.3, -0.25) is 0 Å². The molecule has 0 aromatic carbocycles. The zero-order chi connectivity index (χ0) is 9.19. The molecule has 0 fully saturated rings. The lowest BCUT2D eigenvalue weighted by atomic mass is 10.2. The van der Waals surface area contributed by atoms with Crippen LogP contribution in [0.3, 0.4) is 0 Å². The third kappa shape index (κ3) is 6.15. The standard InChI is InChI=1S/C13H18/c1-2-4-6-8-10-12-13-11-9-7-5-3-1/h1-4,9,11-13H,5-8,10H2/b3-1-,4-2+,11-9?,13-12-. The number of rotatable bonds is 0. The second-order valence-corrected chi connectivity index (χ2v) is 3.22. The van der Waals surface area contributed by atoms with Gasteiger partial charge in [-0.05, 0) is 32.1 Å². The van der Waals surface area contributed by atoms with Crippen molar-refractivity contribution in [2.24, 2.45) is 0 Å². The second-order valence-electron chi connectivity index (χ2n) is 3.22. The molecule has 0 heterocycles. The van der Waals surface area contributed by atoms with Crippen molar-refractivity contribution in [3.8, 4) is 0 Å². The van der Waals surface area contributed by atoms with Crippen molar-refractivity contribution in [3.63, 3.8) is 0 Å². The average Bonchev–Trinajstić information content (AvgIpc) is 2.18. The van der Waals surface area contributed by atoms with Crippen LogP contribution in [0.5, 0.6) is 0 Å². The molecule has 0 N–H and O–H groups in total. The first-order valence-electron chi connectivity index (χ1n) is 5.13. The number of hydrogen-bond donors (Lipinski definition) is 0. The van der Waals surface area contributed by atoms with E-state index in [1.54, 1.807) is 0 Å². The molecule has 0 amide bonds.